The molecule has 1 aromatic rings. The standard InChI is InChI=1S/C16H9BrClFO4S/c1-16(2)15(22)9-10(17)13(11(20)12(21)14(9)24-16)23-8-4-6(18)3-7(19)5-8/h3-5H,1-2H3. The molecule has 1 aliphatic heterocycles. The summed E-state index contributed by atoms with van der Waals surface area (Å²) >= 11 is 9.98. The summed E-state index contributed by atoms with van der Waals surface area (Å²) in [6, 6.07) is 3.40. The fraction of sp³-hybridized carbons (Fsp3) is 0.188. The van der Waals surface area contributed by atoms with Crippen LogP contribution in [-0.4, -0.2) is 22.1 Å². The molecule has 0 atom stereocenters. The van der Waals surface area contributed by atoms with Crippen LogP contribution in [0.2, 0.25) is 5.02 Å². The summed E-state index contributed by atoms with van der Waals surface area (Å²) in [5.74, 6) is -3.05. The molecule has 4 nitrogen and oxygen atoms in total. The lowest BCUT2D eigenvalue weighted by Gasteiger charge is -2.16. The monoisotopic (exact) mass is 430 g/mol. The molecule has 2 aliphatic rings. The van der Waals surface area contributed by atoms with Crippen molar-refractivity contribution in [3.63, 3.8) is 0 Å². The van der Waals surface area contributed by atoms with Gasteiger partial charge >= 0.3 is 0 Å². The summed E-state index contributed by atoms with van der Waals surface area (Å²) in [5, 5.41) is 0.0739. The third-order valence-electron chi connectivity index (χ3n) is 3.45. The zero-order valence-corrected chi connectivity index (χ0v) is 15.6. The number of ether oxygens (including phenoxy) is 1. The average Bonchev–Trinajstić information content (AvgIpc) is 2.71. The van der Waals surface area contributed by atoms with Crippen molar-refractivity contribution in [2.45, 2.75) is 18.6 Å². The van der Waals surface area contributed by atoms with Crippen molar-refractivity contribution in [2.75, 3.05) is 0 Å². The Balaban J connectivity index is 2.09. The molecule has 0 spiro atoms. The molecule has 0 unspecified atom stereocenters. The second-order valence-electron chi connectivity index (χ2n) is 5.65. The van der Waals surface area contributed by atoms with Crippen LogP contribution >= 0.6 is 39.3 Å². The van der Waals surface area contributed by atoms with Crippen LogP contribution in [0.15, 0.2) is 38.9 Å². The van der Waals surface area contributed by atoms with Crippen LogP contribution in [0, 0.1) is 5.82 Å². The minimum Gasteiger partial charge on any atom is -0.452 e. The maximum Gasteiger partial charge on any atom is 0.270 e. The van der Waals surface area contributed by atoms with Crippen LogP contribution < -0.4 is 4.74 Å². The van der Waals surface area contributed by atoms with Crippen molar-refractivity contribution in [3.05, 3.63) is 49.8 Å². The first-order valence-corrected chi connectivity index (χ1v) is 8.72. The van der Waals surface area contributed by atoms with Gasteiger partial charge in [0, 0.05) is 11.1 Å². The van der Waals surface area contributed by atoms with Crippen molar-refractivity contribution in [3.8, 4) is 5.75 Å². The number of thioether (sulfide) groups is 1. The third-order valence-corrected chi connectivity index (χ3v) is 5.72. The second-order valence-corrected chi connectivity index (χ2v) is 8.52. The Kier molecular flexibility index (Phi) is 4.22. The zero-order chi connectivity index (χ0) is 17.8. The van der Waals surface area contributed by atoms with Crippen molar-refractivity contribution in [2.24, 2.45) is 0 Å². The average molecular weight is 432 g/mol. The first-order chi connectivity index (χ1) is 11.1. The molecular weight excluding hydrogens is 423 g/mol. The molecule has 24 heavy (non-hydrogen) atoms. The van der Waals surface area contributed by atoms with E-state index in [9.17, 15) is 18.8 Å². The molecular formula is C16H9BrClFO4S. The van der Waals surface area contributed by atoms with Gasteiger partial charge in [-0.3, -0.25) is 14.4 Å². The SMILES string of the molecule is CC1(C)SC2=C(C1=O)C(Br)=C(Oc1cc(F)cc(Cl)c1)C(=O)C2=O. The Labute approximate surface area is 154 Å². The molecule has 3 rings (SSSR count). The zero-order valence-electron chi connectivity index (χ0n) is 12.4. The van der Waals surface area contributed by atoms with Crippen LogP contribution in [-0.2, 0) is 14.4 Å². The highest BCUT2D eigenvalue weighted by atomic mass is 79.9. The molecule has 0 saturated heterocycles. The number of carbonyl (C=O) groups is 3. The van der Waals surface area contributed by atoms with Crippen LogP contribution in [0.25, 0.3) is 0 Å². The van der Waals surface area contributed by atoms with Gasteiger partial charge in [-0.2, -0.15) is 0 Å². The highest BCUT2D eigenvalue weighted by Crippen LogP contribution is 2.50. The lowest BCUT2D eigenvalue weighted by molar-refractivity contribution is -0.133. The van der Waals surface area contributed by atoms with Crippen molar-refractivity contribution in [1.82, 2.24) is 0 Å². The smallest absolute Gasteiger partial charge is 0.270 e. The third kappa shape index (κ3) is 2.74. The molecule has 1 heterocycles. The lowest BCUT2D eigenvalue weighted by Crippen LogP contribution is -2.28. The van der Waals surface area contributed by atoms with Crippen molar-refractivity contribution >= 4 is 56.6 Å². The number of halogens is 3. The van der Waals surface area contributed by atoms with Crippen molar-refractivity contribution in [1.29, 1.82) is 0 Å². The molecule has 0 fully saturated rings. The van der Waals surface area contributed by atoms with Gasteiger partial charge < -0.3 is 4.74 Å². The normalized spacial score (nSPS) is 20.0. The number of hydrogen-bond donors (Lipinski definition) is 0. The van der Waals surface area contributed by atoms with E-state index in [4.69, 9.17) is 16.3 Å². The number of hydrogen-bond acceptors (Lipinski definition) is 5. The van der Waals surface area contributed by atoms with E-state index < -0.39 is 22.1 Å². The largest absolute Gasteiger partial charge is 0.452 e. The van der Waals surface area contributed by atoms with Crippen LogP contribution in [0.1, 0.15) is 13.8 Å². The summed E-state index contributed by atoms with van der Waals surface area (Å²) in [6.45, 7) is 3.34. The highest BCUT2D eigenvalue weighted by molar-refractivity contribution is 9.12. The minimum atomic E-state index is -0.904. The minimum absolute atomic E-state index is 0.0468. The summed E-state index contributed by atoms with van der Waals surface area (Å²) in [7, 11) is 0. The maximum atomic E-state index is 13.4. The molecule has 0 bridgehead atoms. The maximum absolute atomic E-state index is 13.4. The molecule has 0 amide bonds. The van der Waals surface area contributed by atoms with E-state index >= 15 is 0 Å². The first kappa shape index (κ1) is 17.4. The number of benzene rings is 1. The fourth-order valence-corrected chi connectivity index (χ4v) is 4.50. The van der Waals surface area contributed by atoms with Crippen molar-refractivity contribution < 1.29 is 23.5 Å². The topological polar surface area (TPSA) is 60.4 Å². The molecule has 0 saturated carbocycles. The predicted molar refractivity (Wildman–Crippen MR) is 91.7 cm³/mol. The molecule has 1 aliphatic carbocycles. The summed E-state index contributed by atoms with van der Waals surface area (Å²) in [6.07, 6.45) is 0. The number of rotatable bonds is 2. The van der Waals surface area contributed by atoms with Gasteiger partial charge in [-0.05, 0) is 41.9 Å². The Morgan fingerprint density at radius 1 is 1.17 bits per heavy atom. The van der Waals surface area contributed by atoms with Crippen LogP contribution in [0.5, 0.6) is 5.75 Å². The van der Waals surface area contributed by atoms with E-state index in [1.807, 2.05) is 0 Å². The lowest BCUT2D eigenvalue weighted by atomic mass is 9.94. The Hall–Kier alpha value is -1.44. The van der Waals surface area contributed by atoms with Crippen LogP contribution in [0.4, 0.5) is 4.39 Å². The summed E-state index contributed by atoms with van der Waals surface area (Å²) in [4.78, 5) is 37.2. The van der Waals surface area contributed by atoms with Gasteiger partial charge in [-0.1, -0.05) is 11.6 Å². The highest BCUT2D eigenvalue weighted by Gasteiger charge is 2.49. The number of allylic oxidation sites excluding steroid dienone is 4. The van der Waals surface area contributed by atoms with Gasteiger partial charge in [0.2, 0.25) is 5.78 Å². The van der Waals surface area contributed by atoms with Gasteiger partial charge in [-0.25, -0.2) is 4.39 Å². The van der Waals surface area contributed by atoms with Crippen LogP contribution in [0.3, 0.4) is 0 Å². The molecule has 124 valence electrons. The number of ketones is 3. The molecule has 0 aromatic heterocycles. The Bertz CT molecular complexity index is 868. The number of Topliss-reactive ketones (excluding diaryl/α,β-unsaturated/α-hetero) is 3. The second kappa shape index (κ2) is 5.82. The summed E-state index contributed by atoms with van der Waals surface area (Å²) in [5.41, 5.74) is 0.118. The van der Waals surface area contributed by atoms with Gasteiger partial charge in [0.15, 0.2) is 11.5 Å². The van der Waals surface area contributed by atoms with Gasteiger partial charge in [0.1, 0.15) is 11.6 Å². The Morgan fingerprint density at radius 3 is 2.46 bits per heavy atom. The molecule has 8 heteroatoms. The van der Waals surface area contributed by atoms with E-state index in [0.29, 0.717) is 0 Å². The van der Waals surface area contributed by atoms with E-state index in [-0.39, 0.29) is 37.3 Å². The predicted octanol–water partition coefficient (Wildman–Crippen LogP) is 3.96. The van der Waals surface area contributed by atoms with E-state index in [1.54, 1.807) is 13.8 Å². The van der Waals surface area contributed by atoms with E-state index in [0.717, 1.165) is 23.9 Å². The quantitative estimate of drug-likeness (QED) is 0.524. The summed E-state index contributed by atoms with van der Waals surface area (Å²) < 4.78 is 18.0. The Morgan fingerprint density at radius 2 is 1.83 bits per heavy atom. The van der Waals surface area contributed by atoms with E-state index in [2.05, 4.69) is 15.9 Å². The molecule has 1 aromatic carbocycles. The van der Waals surface area contributed by atoms with Gasteiger partial charge in [-0.15, -0.1) is 11.8 Å². The first-order valence-electron chi connectivity index (χ1n) is 6.73. The van der Waals surface area contributed by atoms with Gasteiger partial charge in [0.25, 0.3) is 5.78 Å². The molecule has 0 radical (unpaired) electrons. The fourth-order valence-electron chi connectivity index (χ4n) is 2.33. The van der Waals surface area contributed by atoms with E-state index in [1.165, 1.54) is 6.07 Å². The number of carbonyl (C=O) groups excluding carboxylic acids is 3. The molecule has 0 N–H and O–H groups in total. The van der Waals surface area contributed by atoms with Gasteiger partial charge in [0.05, 0.1) is 19.7 Å².